The van der Waals surface area contributed by atoms with Crippen LogP contribution in [-0.2, 0) is 6.42 Å². The molecule has 0 spiro atoms. The van der Waals surface area contributed by atoms with Crippen molar-refractivity contribution in [2.24, 2.45) is 0 Å². The van der Waals surface area contributed by atoms with E-state index in [9.17, 15) is 0 Å². The number of nitrogens with one attached hydrogen (secondary N) is 1. The minimum absolute atomic E-state index is 0. The largest absolute Gasteiger partial charge is 0.361 e. The molecule has 0 radical (unpaired) electrons. The van der Waals surface area contributed by atoms with Crippen molar-refractivity contribution in [1.82, 2.24) is 4.98 Å². The molecule has 0 atom stereocenters. The van der Waals surface area contributed by atoms with Crippen molar-refractivity contribution in [2.75, 3.05) is 0 Å². The Morgan fingerprint density at radius 2 is 2.08 bits per heavy atom. The van der Waals surface area contributed by atoms with Crippen molar-refractivity contribution in [2.45, 2.75) is 13.8 Å². The summed E-state index contributed by atoms with van der Waals surface area (Å²) in [5.74, 6) is 0. The normalized spacial score (nSPS) is 10.6. The number of aromatic amines is 1. The van der Waals surface area contributed by atoms with E-state index in [0.717, 1.165) is 17.0 Å². The van der Waals surface area contributed by atoms with Gasteiger partial charge in [0.25, 0.3) is 0 Å². The van der Waals surface area contributed by atoms with Crippen LogP contribution in [0.5, 0.6) is 0 Å². The summed E-state index contributed by atoms with van der Waals surface area (Å²) in [4.78, 5) is 3.07. The summed E-state index contributed by atoms with van der Waals surface area (Å²) < 4.78 is 0. The molecule has 0 amide bonds. The Labute approximate surface area is 79.8 Å². The van der Waals surface area contributed by atoms with Crippen LogP contribution in [0.25, 0.3) is 12.7 Å². The Morgan fingerprint density at radius 3 is 2.62 bits per heavy atom. The van der Waals surface area contributed by atoms with Gasteiger partial charge in [-0.3, -0.25) is 0 Å². The summed E-state index contributed by atoms with van der Waals surface area (Å²) >= 11 is 0. The molecule has 13 heavy (non-hydrogen) atoms. The molecule has 70 valence electrons. The molecule has 0 saturated carbocycles. The fourth-order valence-electron chi connectivity index (χ4n) is 1.17. The third-order valence-corrected chi connectivity index (χ3v) is 1.74. The number of rotatable bonds is 3. The first-order valence-corrected chi connectivity index (χ1v) is 3.88. The highest BCUT2D eigenvalue weighted by Gasteiger charge is 1.93. The Balaban J connectivity index is 0.00000144. The summed E-state index contributed by atoms with van der Waals surface area (Å²) in [5, 5.41) is 2.07. The lowest BCUT2D eigenvalue weighted by Gasteiger charge is -1.87. The number of allylic oxidation sites excluding steroid dienone is 2. The van der Waals surface area contributed by atoms with E-state index >= 15 is 0 Å². The first-order valence-electron chi connectivity index (χ1n) is 3.88. The van der Waals surface area contributed by atoms with Gasteiger partial charge in [0.1, 0.15) is 0 Å². The maximum Gasteiger partial charge on any atom is 0.0383 e. The summed E-state index contributed by atoms with van der Waals surface area (Å²) in [6, 6.07) is 0. The molecule has 1 aromatic rings. The number of hydrogen-bond acceptors (Lipinski definition) is 0. The third-order valence-electron chi connectivity index (χ3n) is 1.74. The van der Waals surface area contributed by atoms with Crippen molar-refractivity contribution in [1.29, 1.82) is 0 Å². The van der Waals surface area contributed by atoms with Gasteiger partial charge in [-0.1, -0.05) is 38.8 Å². The lowest BCUT2D eigenvalue weighted by molar-refractivity contribution is 1.26. The van der Waals surface area contributed by atoms with Gasteiger partial charge in [0.05, 0.1) is 0 Å². The van der Waals surface area contributed by atoms with Crippen molar-refractivity contribution in [3.63, 3.8) is 0 Å². The molecule has 1 nitrogen and oxygen atoms in total. The lowest BCUT2D eigenvalue weighted by atomic mass is 10.2. The molecule has 0 bridgehead atoms. The van der Waals surface area contributed by atoms with E-state index in [-0.39, 0.29) is 7.43 Å². The van der Waals surface area contributed by atoms with Gasteiger partial charge in [0, 0.05) is 16.8 Å². The maximum absolute atomic E-state index is 3.87. The summed E-state index contributed by atoms with van der Waals surface area (Å²) in [7, 11) is 0. The summed E-state index contributed by atoms with van der Waals surface area (Å²) in [6.07, 6.45) is 8.43. The van der Waals surface area contributed by atoms with Crippen LogP contribution < -0.4 is 10.6 Å². The third kappa shape index (κ3) is 2.48. The van der Waals surface area contributed by atoms with Gasteiger partial charge in [-0.25, -0.2) is 0 Å². The molecular formula is C12H17N. The van der Waals surface area contributed by atoms with Crippen LogP contribution >= 0.6 is 0 Å². The fraction of sp³-hybridized carbons (Fsp3) is 0.167. The van der Waals surface area contributed by atoms with E-state index in [2.05, 4.69) is 24.7 Å². The SMILES string of the molecule is C.C=C/C=c1/c(CC=C)c[nH]c1=C. The molecule has 1 rings (SSSR count). The van der Waals surface area contributed by atoms with Crippen LogP contribution in [0.4, 0.5) is 0 Å². The maximum atomic E-state index is 3.87. The molecule has 0 aliphatic carbocycles. The minimum atomic E-state index is 0. The van der Waals surface area contributed by atoms with Crippen LogP contribution in [0, 0.1) is 0 Å². The summed E-state index contributed by atoms with van der Waals surface area (Å²) in [6.45, 7) is 11.2. The molecule has 0 unspecified atom stereocenters. The molecular weight excluding hydrogens is 158 g/mol. The van der Waals surface area contributed by atoms with Gasteiger partial charge in [0.15, 0.2) is 0 Å². The molecule has 1 N–H and O–H groups in total. The number of hydrogen-bond donors (Lipinski definition) is 1. The number of aromatic nitrogens is 1. The fourth-order valence-corrected chi connectivity index (χ4v) is 1.17. The van der Waals surface area contributed by atoms with Crippen LogP contribution in [0.2, 0.25) is 0 Å². The molecule has 0 aliphatic rings. The second-order valence-electron chi connectivity index (χ2n) is 2.60. The van der Waals surface area contributed by atoms with Crippen molar-refractivity contribution in [3.8, 4) is 0 Å². The Morgan fingerprint density at radius 1 is 1.38 bits per heavy atom. The second kappa shape index (κ2) is 5.20. The van der Waals surface area contributed by atoms with Gasteiger partial charge in [-0.2, -0.15) is 0 Å². The van der Waals surface area contributed by atoms with Crippen LogP contribution in [-0.4, -0.2) is 4.98 Å². The van der Waals surface area contributed by atoms with Gasteiger partial charge in [-0.05, 0) is 12.0 Å². The molecule has 0 fully saturated rings. The van der Waals surface area contributed by atoms with Crippen LogP contribution in [0.1, 0.15) is 13.0 Å². The molecule has 1 heterocycles. The van der Waals surface area contributed by atoms with E-state index in [1.54, 1.807) is 6.08 Å². The Kier molecular flexibility index (Phi) is 4.60. The predicted octanol–water partition coefficient (Wildman–Crippen LogP) is 1.76. The van der Waals surface area contributed by atoms with E-state index in [4.69, 9.17) is 0 Å². The average Bonchev–Trinajstić information content (AvgIpc) is 2.37. The van der Waals surface area contributed by atoms with Gasteiger partial charge < -0.3 is 4.98 Å². The number of H-pyrrole nitrogens is 1. The molecule has 1 heteroatoms. The molecule has 0 aromatic carbocycles. The average molecular weight is 175 g/mol. The van der Waals surface area contributed by atoms with E-state index < -0.39 is 0 Å². The Bertz CT molecular complexity index is 382. The van der Waals surface area contributed by atoms with Gasteiger partial charge >= 0.3 is 0 Å². The highest BCUT2D eigenvalue weighted by atomic mass is 14.6. The first-order chi connectivity index (χ1) is 5.79. The highest BCUT2D eigenvalue weighted by Crippen LogP contribution is 1.88. The lowest BCUT2D eigenvalue weighted by Crippen LogP contribution is -2.22. The van der Waals surface area contributed by atoms with Crippen molar-refractivity contribution >= 4 is 12.7 Å². The van der Waals surface area contributed by atoms with Crippen LogP contribution in [0.3, 0.4) is 0 Å². The van der Waals surface area contributed by atoms with E-state index in [1.165, 1.54) is 5.56 Å². The molecule has 0 saturated heterocycles. The quantitative estimate of drug-likeness (QED) is 0.674. The van der Waals surface area contributed by atoms with Crippen molar-refractivity contribution in [3.05, 3.63) is 47.6 Å². The highest BCUT2D eigenvalue weighted by molar-refractivity contribution is 5.39. The van der Waals surface area contributed by atoms with Gasteiger partial charge in [-0.15, -0.1) is 6.58 Å². The first kappa shape index (κ1) is 11.5. The standard InChI is InChI=1S/C11H13N.CH4/c1-4-6-10-8-12-9(3)11(10)7-5-2;/h4-5,7-8,12H,1-3,6H2;1H4/b11-7+;. The molecule has 0 aliphatic heterocycles. The molecule has 1 aromatic heterocycles. The zero-order valence-corrected chi connectivity index (χ0v) is 7.14. The van der Waals surface area contributed by atoms with Crippen molar-refractivity contribution < 1.29 is 0 Å². The monoisotopic (exact) mass is 175 g/mol. The second-order valence-corrected chi connectivity index (χ2v) is 2.60. The zero-order valence-electron chi connectivity index (χ0n) is 7.14. The minimum Gasteiger partial charge on any atom is -0.361 e. The van der Waals surface area contributed by atoms with Gasteiger partial charge in [0.2, 0.25) is 0 Å². The zero-order chi connectivity index (χ0) is 8.97. The van der Waals surface area contributed by atoms with E-state index in [1.807, 2.05) is 18.3 Å². The predicted molar refractivity (Wildman–Crippen MR) is 60.9 cm³/mol. The topological polar surface area (TPSA) is 15.8 Å². The summed E-state index contributed by atoms with van der Waals surface area (Å²) in [5.41, 5.74) is 1.22. The van der Waals surface area contributed by atoms with Crippen LogP contribution in [0.15, 0.2) is 31.5 Å². The smallest absolute Gasteiger partial charge is 0.0383 e. The van der Waals surface area contributed by atoms with E-state index in [0.29, 0.717) is 0 Å². The Hall–Kier alpha value is -1.50.